The molecule has 2 rings (SSSR count). The Morgan fingerprint density at radius 2 is 1.96 bits per heavy atom. The predicted octanol–water partition coefficient (Wildman–Crippen LogP) is 2.65. The van der Waals surface area contributed by atoms with Crippen LogP contribution in [-0.2, 0) is 21.2 Å². The van der Waals surface area contributed by atoms with Crippen LogP contribution in [0.1, 0.15) is 24.6 Å². The van der Waals surface area contributed by atoms with Crippen LogP contribution in [0.25, 0.3) is 11.3 Å². The first kappa shape index (κ1) is 20.3. The summed E-state index contributed by atoms with van der Waals surface area (Å²) >= 11 is 1.44. The van der Waals surface area contributed by atoms with E-state index in [0.29, 0.717) is 5.13 Å². The van der Waals surface area contributed by atoms with E-state index in [-0.39, 0.29) is 18.9 Å². The fourth-order valence-electron chi connectivity index (χ4n) is 2.31. The van der Waals surface area contributed by atoms with Gasteiger partial charge in [-0.15, -0.1) is 11.3 Å². The maximum atomic E-state index is 12.0. The van der Waals surface area contributed by atoms with Crippen LogP contribution < -0.4 is 14.8 Å². The second-order valence-corrected chi connectivity index (χ2v) is 8.65. The smallest absolute Gasteiger partial charge is 0.227 e. The molecule has 0 aliphatic carbocycles. The first-order valence-corrected chi connectivity index (χ1v) is 10.9. The van der Waals surface area contributed by atoms with Crippen LogP contribution in [0.3, 0.4) is 0 Å². The number of rotatable bonds is 9. The molecule has 9 heteroatoms. The van der Waals surface area contributed by atoms with Crippen molar-refractivity contribution in [3.05, 3.63) is 29.1 Å². The molecule has 0 saturated heterocycles. The van der Waals surface area contributed by atoms with E-state index in [1.807, 2.05) is 24.3 Å². The van der Waals surface area contributed by atoms with E-state index < -0.39 is 10.0 Å². The molecule has 1 amide bonds. The van der Waals surface area contributed by atoms with Gasteiger partial charge in [0.2, 0.25) is 15.9 Å². The number of sulfonamides is 1. The number of hydrogen-bond donors (Lipinski definition) is 2. The average Bonchev–Trinajstić information content (AvgIpc) is 2.96. The Morgan fingerprint density at radius 1 is 1.27 bits per heavy atom. The van der Waals surface area contributed by atoms with Crippen LogP contribution in [0.2, 0.25) is 0 Å². The molecule has 1 aromatic carbocycles. The van der Waals surface area contributed by atoms with E-state index in [1.165, 1.54) is 11.3 Å². The number of anilines is 1. The third-order valence-electron chi connectivity index (χ3n) is 3.50. The van der Waals surface area contributed by atoms with Crippen molar-refractivity contribution in [3.63, 3.8) is 0 Å². The molecular formula is C17H23N3O4S2. The van der Waals surface area contributed by atoms with Gasteiger partial charge < -0.3 is 10.1 Å². The number of thiazole rings is 1. The molecule has 26 heavy (non-hydrogen) atoms. The van der Waals surface area contributed by atoms with Crippen LogP contribution in [0, 0.1) is 0 Å². The summed E-state index contributed by atoms with van der Waals surface area (Å²) in [5.74, 6) is 0.493. The van der Waals surface area contributed by atoms with E-state index >= 15 is 0 Å². The molecule has 2 N–H and O–H groups in total. The SMILES string of the molecule is CCCc1sc(NC(=O)CCNS(C)(=O)=O)nc1-c1ccc(OC)cc1. The quantitative estimate of drug-likeness (QED) is 0.678. The monoisotopic (exact) mass is 397 g/mol. The van der Waals surface area contributed by atoms with E-state index in [9.17, 15) is 13.2 Å². The summed E-state index contributed by atoms with van der Waals surface area (Å²) in [7, 11) is -1.68. The van der Waals surface area contributed by atoms with Crippen LogP contribution in [-0.4, -0.2) is 39.2 Å². The van der Waals surface area contributed by atoms with Gasteiger partial charge in [-0.05, 0) is 30.7 Å². The van der Waals surface area contributed by atoms with Gasteiger partial charge in [0.05, 0.1) is 19.1 Å². The Labute approximate surface area is 157 Å². The number of aryl methyl sites for hydroxylation is 1. The highest BCUT2D eigenvalue weighted by molar-refractivity contribution is 7.88. The zero-order valence-electron chi connectivity index (χ0n) is 15.0. The lowest BCUT2D eigenvalue weighted by molar-refractivity contribution is -0.116. The van der Waals surface area contributed by atoms with Crippen LogP contribution in [0.4, 0.5) is 5.13 Å². The van der Waals surface area contributed by atoms with Crippen molar-refractivity contribution in [2.45, 2.75) is 26.2 Å². The second kappa shape index (κ2) is 9.11. The number of benzene rings is 1. The topological polar surface area (TPSA) is 97.4 Å². The van der Waals surface area contributed by atoms with Gasteiger partial charge in [0.15, 0.2) is 5.13 Å². The molecule has 0 spiro atoms. The van der Waals surface area contributed by atoms with Crippen molar-refractivity contribution in [2.24, 2.45) is 0 Å². The Hall–Kier alpha value is -1.97. The number of carbonyl (C=O) groups excluding carboxylic acids is 1. The molecule has 0 unspecified atom stereocenters. The van der Waals surface area contributed by atoms with Gasteiger partial charge >= 0.3 is 0 Å². The zero-order valence-corrected chi connectivity index (χ0v) is 16.7. The highest BCUT2D eigenvalue weighted by Crippen LogP contribution is 2.33. The lowest BCUT2D eigenvalue weighted by Gasteiger charge is -2.03. The third-order valence-corrected chi connectivity index (χ3v) is 5.26. The van der Waals surface area contributed by atoms with Crippen molar-refractivity contribution in [1.82, 2.24) is 9.71 Å². The van der Waals surface area contributed by atoms with E-state index in [4.69, 9.17) is 4.74 Å². The lowest BCUT2D eigenvalue weighted by atomic mass is 10.1. The highest BCUT2D eigenvalue weighted by atomic mass is 32.2. The molecule has 0 atom stereocenters. The number of ether oxygens (including phenoxy) is 1. The molecule has 0 fully saturated rings. The van der Waals surface area contributed by atoms with Crippen molar-refractivity contribution in [1.29, 1.82) is 0 Å². The Morgan fingerprint density at radius 3 is 2.54 bits per heavy atom. The first-order chi connectivity index (χ1) is 12.3. The highest BCUT2D eigenvalue weighted by Gasteiger charge is 2.15. The molecule has 0 radical (unpaired) electrons. The molecule has 0 aliphatic rings. The zero-order chi connectivity index (χ0) is 19.2. The fourth-order valence-corrected chi connectivity index (χ4v) is 3.88. The normalized spacial score (nSPS) is 11.3. The van der Waals surface area contributed by atoms with Crippen molar-refractivity contribution < 1.29 is 17.9 Å². The molecule has 1 heterocycles. The molecule has 0 aliphatic heterocycles. The summed E-state index contributed by atoms with van der Waals surface area (Å²) in [6.07, 6.45) is 2.94. The van der Waals surface area contributed by atoms with Crippen LogP contribution in [0.5, 0.6) is 5.75 Å². The van der Waals surface area contributed by atoms with Crippen LogP contribution >= 0.6 is 11.3 Å². The standard InChI is InChI=1S/C17H23N3O4S2/c1-4-5-14-16(12-6-8-13(24-2)9-7-12)20-17(25-14)19-15(21)10-11-18-26(3,22)23/h6-9,18H,4-5,10-11H2,1-3H3,(H,19,20,21). The minimum absolute atomic E-state index is 0.0492. The van der Waals surface area contributed by atoms with Crippen molar-refractivity contribution in [3.8, 4) is 17.0 Å². The van der Waals surface area contributed by atoms with Gasteiger partial charge in [0.25, 0.3) is 0 Å². The number of methoxy groups -OCH3 is 1. The fraction of sp³-hybridized carbons (Fsp3) is 0.412. The van der Waals surface area contributed by atoms with E-state index in [2.05, 4.69) is 21.9 Å². The van der Waals surface area contributed by atoms with Crippen molar-refractivity contribution in [2.75, 3.05) is 25.2 Å². The van der Waals surface area contributed by atoms with Gasteiger partial charge in [-0.2, -0.15) is 0 Å². The maximum Gasteiger partial charge on any atom is 0.227 e. The van der Waals surface area contributed by atoms with E-state index in [0.717, 1.165) is 41.0 Å². The van der Waals surface area contributed by atoms with Gasteiger partial charge in [0.1, 0.15) is 5.75 Å². The number of aromatic nitrogens is 1. The summed E-state index contributed by atoms with van der Waals surface area (Å²) < 4.78 is 29.5. The van der Waals surface area contributed by atoms with Gasteiger partial charge in [-0.1, -0.05) is 13.3 Å². The first-order valence-electron chi connectivity index (χ1n) is 8.21. The van der Waals surface area contributed by atoms with Crippen molar-refractivity contribution >= 4 is 32.4 Å². The summed E-state index contributed by atoms with van der Waals surface area (Å²) in [4.78, 5) is 17.7. The third kappa shape index (κ3) is 6.08. The molecule has 1 aromatic heterocycles. The largest absolute Gasteiger partial charge is 0.497 e. The van der Waals surface area contributed by atoms with E-state index in [1.54, 1.807) is 7.11 Å². The summed E-state index contributed by atoms with van der Waals surface area (Å²) in [6, 6.07) is 7.63. The van der Waals surface area contributed by atoms with Gasteiger partial charge in [-0.3, -0.25) is 4.79 Å². The molecule has 0 bridgehead atoms. The predicted molar refractivity (Wildman–Crippen MR) is 104 cm³/mol. The second-order valence-electron chi connectivity index (χ2n) is 5.73. The van der Waals surface area contributed by atoms with Crippen LogP contribution in [0.15, 0.2) is 24.3 Å². The molecule has 0 saturated carbocycles. The number of amides is 1. The Kier molecular flexibility index (Phi) is 7.13. The minimum Gasteiger partial charge on any atom is -0.497 e. The number of nitrogens with one attached hydrogen (secondary N) is 2. The summed E-state index contributed by atoms with van der Waals surface area (Å²) in [5.41, 5.74) is 1.81. The maximum absolute atomic E-state index is 12.0. The average molecular weight is 398 g/mol. The molecular weight excluding hydrogens is 374 g/mol. The van der Waals surface area contributed by atoms with Gasteiger partial charge in [0, 0.05) is 23.4 Å². The summed E-state index contributed by atoms with van der Waals surface area (Å²) in [6.45, 7) is 2.15. The van der Waals surface area contributed by atoms with Gasteiger partial charge in [-0.25, -0.2) is 18.1 Å². The molecule has 142 valence electrons. The number of hydrogen-bond acceptors (Lipinski definition) is 6. The Bertz CT molecular complexity index is 845. The molecule has 7 nitrogen and oxygen atoms in total. The number of carbonyl (C=O) groups is 1. The lowest BCUT2D eigenvalue weighted by Crippen LogP contribution is -2.26. The Balaban J connectivity index is 2.11. The molecule has 2 aromatic rings. The summed E-state index contributed by atoms with van der Waals surface area (Å²) in [5, 5.41) is 3.27. The number of nitrogens with zero attached hydrogens (tertiary/aromatic N) is 1. The minimum atomic E-state index is -3.30.